The maximum Gasteiger partial charge on any atom is 0.301 e. The van der Waals surface area contributed by atoms with Crippen LogP contribution in [0.3, 0.4) is 0 Å². The van der Waals surface area contributed by atoms with E-state index in [9.17, 15) is 30.6 Å². The summed E-state index contributed by atoms with van der Waals surface area (Å²) in [5, 5.41) is 86.7. The molecule has 0 amide bonds. The first-order valence-electron chi connectivity index (χ1n) is 26.1. The summed E-state index contributed by atoms with van der Waals surface area (Å²) in [6.45, 7) is 3.23. The van der Waals surface area contributed by atoms with Gasteiger partial charge < -0.3 is 50.4 Å². The number of anilines is 1. The molecule has 4 saturated carbocycles. The highest BCUT2D eigenvalue weighted by Gasteiger charge is 2.76. The van der Waals surface area contributed by atoms with Crippen molar-refractivity contribution in [2.45, 2.75) is 151 Å². The number of carbonyl (C=O) groups excluding carboxylic acids is 2. The molecule has 2 aromatic carbocycles. The first kappa shape index (κ1) is 44.0. The minimum Gasteiger partial charge on any atom is -0.657 e. The maximum absolute atomic E-state index is 15.2. The number of phenols is 1. The number of benzene rings is 2. The highest BCUT2D eigenvalue weighted by molar-refractivity contribution is 6.34. The van der Waals surface area contributed by atoms with Gasteiger partial charge in [0.2, 0.25) is 5.78 Å². The number of hydrogen-bond donors (Lipinski definition) is 7. The van der Waals surface area contributed by atoms with Gasteiger partial charge in [-0.3, -0.25) is 14.9 Å². The third-order valence-electron chi connectivity index (χ3n) is 20.2. The molecule has 8 bridgehead atoms. The minimum atomic E-state index is -2.46. The molecule has 370 valence electrons. The van der Waals surface area contributed by atoms with Gasteiger partial charge in [-0.2, -0.15) is 0 Å². The van der Waals surface area contributed by atoms with Gasteiger partial charge in [-0.1, -0.05) is 47.9 Å². The molecule has 2 aromatic heterocycles. The van der Waals surface area contributed by atoms with Gasteiger partial charge >= 0.3 is 6.21 Å². The van der Waals surface area contributed by atoms with Crippen molar-refractivity contribution in [3.63, 3.8) is 0 Å². The molecule has 10 unspecified atom stereocenters. The average molecular weight is 972 g/mol. The summed E-state index contributed by atoms with van der Waals surface area (Å²) in [4.78, 5) is 44.8. The number of ketones is 2. The van der Waals surface area contributed by atoms with E-state index in [4.69, 9.17) is 19.4 Å². The van der Waals surface area contributed by atoms with Crippen LogP contribution in [0.1, 0.15) is 150 Å². The van der Waals surface area contributed by atoms with E-state index in [1.54, 1.807) is 43.6 Å². The second-order valence-corrected chi connectivity index (χ2v) is 23.9. The van der Waals surface area contributed by atoms with Crippen LogP contribution in [0.4, 0.5) is 5.82 Å². The molecular weight excluding hydrogens is 915 g/mol. The number of aliphatic hydroxyl groups excluding tert-OH is 5. The second kappa shape index (κ2) is 14.4. The lowest BCUT2D eigenvalue weighted by molar-refractivity contribution is -0.366. The van der Waals surface area contributed by atoms with Crippen LogP contribution in [0.5, 0.6) is 11.5 Å². The number of hydrogen-bond acceptors (Lipinski definition) is 13. The maximum atomic E-state index is 15.2. The normalized spacial score (nSPS) is 37.0. The van der Waals surface area contributed by atoms with Crippen LogP contribution in [0.25, 0.3) is 21.7 Å². The Labute approximate surface area is 415 Å². The van der Waals surface area contributed by atoms with Crippen LogP contribution < -0.4 is 15.0 Å². The number of nitrogens with zero attached hydrogens (tertiary/aromatic N) is 4. The number of pyridine rings is 1. The fourth-order valence-corrected chi connectivity index (χ4v) is 17.4. The molecule has 5 fully saturated rings. The number of phenolic OH excluding ortho intramolecular Hbond substituents is 1. The Bertz CT molecular complexity index is 3220. The van der Waals surface area contributed by atoms with Crippen molar-refractivity contribution in [1.82, 2.24) is 9.97 Å². The van der Waals surface area contributed by atoms with Crippen LogP contribution >= 0.6 is 0 Å². The lowest BCUT2D eigenvalue weighted by atomic mass is 9.50. The molecule has 5 aliphatic heterocycles. The predicted octanol–water partition coefficient (Wildman–Crippen LogP) is 6.67. The third kappa shape index (κ3) is 5.39. The van der Waals surface area contributed by atoms with E-state index in [-0.39, 0.29) is 57.0 Å². The summed E-state index contributed by atoms with van der Waals surface area (Å²) < 4.78 is 14.7. The number of nitrogens with one attached hydrogen (secondary N) is 1. The molecule has 10 atom stereocenters. The molecule has 7 aliphatic carbocycles. The second-order valence-electron chi connectivity index (χ2n) is 23.9. The zero-order valence-electron chi connectivity index (χ0n) is 40.1. The number of fused-ring (bicyclic) bond motifs is 7. The van der Waals surface area contributed by atoms with Crippen molar-refractivity contribution < 1.29 is 49.7 Å². The van der Waals surface area contributed by atoms with Crippen LogP contribution in [-0.4, -0.2) is 102 Å². The van der Waals surface area contributed by atoms with E-state index in [0.29, 0.717) is 82.8 Å². The zero-order valence-corrected chi connectivity index (χ0v) is 40.1. The van der Waals surface area contributed by atoms with Crippen molar-refractivity contribution in [3.05, 3.63) is 117 Å². The van der Waals surface area contributed by atoms with Crippen molar-refractivity contribution in [1.29, 1.82) is 0 Å². The van der Waals surface area contributed by atoms with E-state index in [0.717, 1.165) is 75.3 Å². The Hall–Kier alpha value is -5.52. The largest absolute Gasteiger partial charge is 0.657 e. The standard InChI is InChI=1S/C57H57N5O10/c1-27-14-33-40(37(63)15-27)46(66)42-38-18-31-30(41(42)45(33)65)6-13-59-50(31)60-23-39(64)55-25-53(9-4-5-10-53)20-35(55)32-17-28(16-29-22-58-26-61-29)62-44(32)34-19-56(71-38)48(68)47(67)49(69)57(72-56)43(34)36(55)21-54(51(57)70)12-11-52(24-54)7-2-3-8-52/h6,13-15,17-19,22,26,35,39,47-49,51,64,67-70H,2-5,7-12,16,20-21,23-25H2,1H3,(H,63,66)(H,59,60,65). The average Bonchev–Trinajstić information content (AvgIpc) is 4.25. The van der Waals surface area contributed by atoms with Gasteiger partial charge in [0.05, 0.1) is 30.0 Å². The molecule has 15 heteroatoms. The van der Waals surface area contributed by atoms with Crippen molar-refractivity contribution in [2.24, 2.45) is 26.7 Å². The molecule has 72 heavy (non-hydrogen) atoms. The summed E-state index contributed by atoms with van der Waals surface area (Å²) in [7, 11) is 0. The van der Waals surface area contributed by atoms with E-state index >= 15 is 9.59 Å². The van der Waals surface area contributed by atoms with Gasteiger partial charge in [0.15, 0.2) is 23.5 Å². The zero-order chi connectivity index (χ0) is 49.1. The number of ether oxygens (including phenoxy) is 2. The first-order valence-corrected chi connectivity index (χ1v) is 26.1. The minimum absolute atomic E-state index is 0.00514. The van der Waals surface area contributed by atoms with Crippen molar-refractivity contribution >= 4 is 39.9 Å². The number of carbonyl (C=O) groups is 2. The number of aliphatic imine (C=N–C) groups is 1. The van der Waals surface area contributed by atoms with Crippen molar-refractivity contribution in [3.8, 4) is 11.5 Å². The smallest absolute Gasteiger partial charge is 0.301 e. The molecule has 7 heterocycles. The van der Waals surface area contributed by atoms with Crippen LogP contribution in [0, 0.1) is 41.3 Å². The van der Waals surface area contributed by atoms with Gasteiger partial charge in [0, 0.05) is 40.1 Å². The molecule has 4 aromatic rings. The summed E-state index contributed by atoms with van der Waals surface area (Å²) >= 11 is 0. The Morgan fingerprint density at radius 3 is 2.46 bits per heavy atom. The fraction of sp³-hybridized carbons (Fsp3) is 0.509. The molecular formula is C57H57N5O10. The number of rotatable bonds is 2. The molecule has 6 spiro atoms. The number of aryl methyl sites for hydroxylation is 1. The van der Waals surface area contributed by atoms with E-state index in [2.05, 4.69) is 21.7 Å². The lowest BCUT2D eigenvalue weighted by Crippen LogP contribution is -2.79. The summed E-state index contributed by atoms with van der Waals surface area (Å²) in [6, 6.07) is 9.02. The SMILES string of the molecule is Cc1cc(O)c2c(c1)C(=O)c1c(c3cc4c(nccc14)NCC(O)C14CC5(CCCC5)CC1c1cc(C[C+]5C=N[CH+][N-]5)[n-]c1C1=CC5(O3)OC3(C1=C4CC1(CCC4(CCCC4)C1)C3O)C(O)C(O)C5O)C2=O. The highest BCUT2D eigenvalue weighted by atomic mass is 16.7. The van der Waals surface area contributed by atoms with E-state index < -0.39 is 64.3 Å². The molecule has 0 radical (unpaired) electrons. The van der Waals surface area contributed by atoms with Crippen LogP contribution in [-0.2, 0) is 11.2 Å². The van der Waals surface area contributed by atoms with Gasteiger partial charge in [-0.05, 0) is 140 Å². The van der Waals surface area contributed by atoms with Gasteiger partial charge in [-0.25, -0.2) is 4.98 Å². The Morgan fingerprint density at radius 2 is 1.68 bits per heavy atom. The molecule has 12 aliphatic rings. The van der Waals surface area contributed by atoms with E-state index in [1.807, 2.05) is 0 Å². The predicted molar refractivity (Wildman–Crippen MR) is 262 cm³/mol. The van der Waals surface area contributed by atoms with Crippen molar-refractivity contribution in [2.75, 3.05) is 11.9 Å². The Balaban J connectivity index is 1.06. The third-order valence-corrected chi connectivity index (χ3v) is 20.2. The quantitative estimate of drug-likeness (QED) is 0.0916. The van der Waals surface area contributed by atoms with Gasteiger partial charge in [0.1, 0.15) is 35.9 Å². The topological polar surface area (TPSA) is 239 Å². The number of aromatic nitrogens is 2. The highest BCUT2D eigenvalue weighted by Crippen LogP contribution is 2.76. The monoisotopic (exact) mass is 971 g/mol. The van der Waals surface area contributed by atoms with Gasteiger partial charge in [-0.15, -0.1) is 11.4 Å². The molecule has 1 saturated heterocycles. The summed E-state index contributed by atoms with van der Waals surface area (Å²) in [5.74, 6) is -4.33. The lowest BCUT2D eigenvalue weighted by Gasteiger charge is -2.64. The molecule has 16 rings (SSSR count). The van der Waals surface area contributed by atoms with Gasteiger partial charge in [0.25, 0.3) is 5.79 Å². The fourth-order valence-electron chi connectivity index (χ4n) is 17.4. The van der Waals surface area contributed by atoms with Crippen LogP contribution in [0.2, 0.25) is 0 Å². The summed E-state index contributed by atoms with van der Waals surface area (Å²) in [6.07, 6.45) is 8.84. The summed E-state index contributed by atoms with van der Waals surface area (Å²) in [5.41, 5.74) is -0.255. The first-order chi connectivity index (χ1) is 34.6. The number of aromatic hydroxyl groups is 1. The number of aliphatic hydroxyl groups is 5. The van der Waals surface area contributed by atoms with E-state index in [1.165, 1.54) is 12.7 Å². The Morgan fingerprint density at radius 1 is 0.889 bits per heavy atom. The molecule has 15 nitrogen and oxygen atoms in total. The Kier molecular flexibility index (Phi) is 8.80. The molecule has 7 N–H and O–H groups in total. The van der Waals surface area contributed by atoms with Crippen LogP contribution in [0.15, 0.2) is 58.7 Å².